The molecule has 0 amide bonds. The molecule has 1 nitrogen and oxygen atoms in total. The van der Waals surface area contributed by atoms with Crippen LogP contribution in [0.4, 0.5) is 0 Å². The fourth-order valence-electron chi connectivity index (χ4n) is 0.954. The lowest BCUT2D eigenvalue weighted by molar-refractivity contribution is 0.246. The molecule has 0 rings (SSSR count). The van der Waals surface area contributed by atoms with Gasteiger partial charge in [-0.3, -0.25) is 0 Å². The van der Waals surface area contributed by atoms with E-state index in [0.717, 1.165) is 0 Å². The number of hydrogen-bond acceptors (Lipinski definition) is 1. The Morgan fingerprint density at radius 1 is 1.11 bits per heavy atom. The smallest absolute Gasteiger partial charge is 0.00383 e. The molecule has 0 spiro atoms. The number of rotatable bonds is 3. The summed E-state index contributed by atoms with van der Waals surface area (Å²) in [6.45, 7) is 11.2. The first-order chi connectivity index (χ1) is 3.72. The zero-order valence-corrected chi connectivity index (χ0v) is 7.66. The van der Waals surface area contributed by atoms with Crippen LogP contribution in [-0.4, -0.2) is 24.0 Å². The molecule has 0 saturated carbocycles. The molecule has 0 fully saturated rings. The van der Waals surface area contributed by atoms with E-state index in [1.54, 1.807) is 0 Å². The van der Waals surface area contributed by atoms with Gasteiger partial charge in [0.15, 0.2) is 0 Å². The highest BCUT2D eigenvalue weighted by Crippen LogP contribution is 1.94. The van der Waals surface area contributed by atoms with Crippen LogP contribution in [0.15, 0.2) is 0 Å². The molecule has 9 heavy (non-hydrogen) atoms. The molecule has 0 radical (unpaired) electrons. The van der Waals surface area contributed by atoms with Crippen molar-refractivity contribution in [1.82, 2.24) is 4.90 Å². The molecule has 0 aromatic heterocycles. The van der Waals surface area contributed by atoms with Crippen LogP contribution in [-0.2, 0) is 0 Å². The standard InChI is InChI=1S/C7H17N.ClH/c1-5-8(6-2)7(3)4;/h7H,5-6H2,1-4H3;1H. The van der Waals surface area contributed by atoms with E-state index in [0.29, 0.717) is 6.04 Å². The van der Waals surface area contributed by atoms with Crippen LogP contribution in [0.1, 0.15) is 27.7 Å². The zero-order chi connectivity index (χ0) is 6.57. The quantitative estimate of drug-likeness (QED) is 0.598. The molecule has 0 aliphatic carbocycles. The molecule has 2 heteroatoms. The molecule has 58 valence electrons. The second kappa shape index (κ2) is 6.37. The van der Waals surface area contributed by atoms with E-state index < -0.39 is 0 Å². The molecule has 0 N–H and O–H groups in total. The van der Waals surface area contributed by atoms with E-state index in [9.17, 15) is 0 Å². The van der Waals surface area contributed by atoms with Gasteiger partial charge in [0, 0.05) is 6.04 Å². The third-order valence-electron chi connectivity index (χ3n) is 1.54. The SMILES string of the molecule is CCN(CC)C(C)C.Cl. The molecule has 0 atom stereocenters. The van der Waals surface area contributed by atoms with Crippen molar-refractivity contribution in [2.24, 2.45) is 0 Å². The van der Waals surface area contributed by atoms with Crippen molar-refractivity contribution in [3.63, 3.8) is 0 Å². The monoisotopic (exact) mass is 151 g/mol. The maximum atomic E-state index is 2.42. The largest absolute Gasteiger partial charge is 0.301 e. The van der Waals surface area contributed by atoms with Crippen LogP contribution >= 0.6 is 12.4 Å². The average molecular weight is 152 g/mol. The van der Waals surface area contributed by atoms with Crippen molar-refractivity contribution < 1.29 is 0 Å². The maximum Gasteiger partial charge on any atom is 0.00383 e. The van der Waals surface area contributed by atoms with Gasteiger partial charge < -0.3 is 4.90 Å². The Balaban J connectivity index is 0. The summed E-state index contributed by atoms with van der Waals surface area (Å²) in [6, 6.07) is 0.713. The van der Waals surface area contributed by atoms with E-state index >= 15 is 0 Å². The van der Waals surface area contributed by atoms with E-state index in [4.69, 9.17) is 0 Å². The first-order valence-corrected chi connectivity index (χ1v) is 3.46. The Labute approximate surface area is 64.8 Å². The molecular weight excluding hydrogens is 134 g/mol. The lowest BCUT2D eigenvalue weighted by atomic mass is 10.3. The van der Waals surface area contributed by atoms with Crippen LogP contribution in [0.5, 0.6) is 0 Å². The third kappa shape index (κ3) is 4.73. The minimum atomic E-state index is 0. The number of halogens is 1. The molecular formula is C7H18ClN. The molecule has 0 aromatic carbocycles. The Bertz CT molecular complexity index is 50.9. The number of nitrogens with zero attached hydrogens (tertiary/aromatic N) is 1. The van der Waals surface area contributed by atoms with E-state index in [2.05, 4.69) is 32.6 Å². The van der Waals surface area contributed by atoms with Gasteiger partial charge in [0.1, 0.15) is 0 Å². The average Bonchev–Trinajstić information content (AvgIpc) is 1.69. The lowest BCUT2D eigenvalue weighted by Crippen LogP contribution is -2.29. The van der Waals surface area contributed by atoms with Crippen LogP contribution in [0, 0.1) is 0 Å². The maximum absolute atomic E-state index is 2.42. The van der Waals surface area contributed by atoms with Gasteiger partial charge in [-0.15, -0.1) is 12.4 Å². The van der Waals surface area contributed by atoms with Gasteiger partial charge >= 0.3 is 0 Å². The Morgan fingerprint density at radius 2 is 1.44 bits per heavy atom. The highest BCUT2D eigenvalue weighted by Gasteiger charge is 2.00. The summed E-state index contributed by atoms with van der Waals surface area (Å²) in [7, 11) is 0. The summed E-state index contributed by atoms with van der Waals surface area (Å²) < 4.78 is 0. The summed E-state index contributed by atoms with van der Waals surface area (Å²) in [5, 5.41) is 0. The predicted molar refractivity (Wildman–Crippen MR) is 45.3 cm³/mol. The third-order valence-corrected chi connectivity index (χ3v) is 1.54. The van der Waals surface area contributed by atoms with E-state index in [1.807, 2.05) is 0 Å². The topological polar surface area (TPSA) is 3.24 Å². The van der Waals surface area contributed by atoms with Crippen LogP contribution in [0.25, 0.3) is 0 Å². The highest BCUT2D eigenvalue weighted by molar-refractivity contribution is 5.85. The van der Waals surface area contributed by atoms with Crippen LogP contribution in [0.2, 0.25) is 0 Å². The molecule has 0 aromatic rings. The van der Waals surface area contributed by atoms with Crippen LogP contribution in [0.3, 0.4) is 0 Å². The summed E-state index contributed by atoms with van der Waals surface area (Å²) in [4.78, 5) is 2.42. The molecule has 0 aliphatic heterocycles. The summed E-state index contributed by atoms with van der Waals surface area (Å²) in [5.74, 6) is 0. The zero-order valence-electron chi connectivity index (χ0n) is 6.85. The fourth-order valence-corrected chi connectivity index (χ4v) is 0.954. The second-order valence-corrected chi connectivity index (χ2v) is 2.31. The van der Waals surface area contributed by atoms with Crippen molar-refractivity contribution in [3.05, 3.63) is 0 Å². The van der Waals surface area contributed by atoms with Crippen molar-refractivity contribution in [2.75, 3.05) is 13.1 Å². The Kier molecular flexibility index (Phi) is 8.48. The summed E-state index contributed by atoms with van der Waals surface area (Å²) >= 11 is 0. The van der Waals surface area contributed by atoms with Gasteiger partial charge in [0.25, 0.3) is 0 Å². The summed E-state index contributed by atoms with van der Waals surface area (Å²) in [6.07, 6.45) is 0. The van der Waals surface area contributed by atoms with Gasteiger partial charge in [-0.25, -0.2) is 0 Å². The van der Waals surface area contributed by atoms with Crippen molar-refractivity contribution in [1.29, 1.82) is 0 Å². The van der Waals surface area contributed by atoms with Crippen molar-refractivity contribution in [2.45, 2.75) is 33.7 Å². The van der Waals surface area contributed by atoms with Crippen LogP contribution < -0.4 is 0 Å². The molecule has 0 saturated heterocycles. The van der Waals surface area contributed by atoms with Crippen molar-refractivity contribution in [3.8, 4) is 0 Å². The minimum Gasteiger partial charge on any atom is -0.301 e. The van der Waals surface area contributed by atoms with Crippen molar-refractivity contribution >= 4 is 12.4 Å². The first kappa shape index (κ1) is 12.0. The molecule has 0 unspecified atom stereocenters. The second-order valence-electron chi connectivity index (χ2n) is 2.31. The first-order valence-electron chi connectivity index (χ1n) is 3.46. The van der Waals surface area contributed by atoms with Gasteiger partial charge in [0.05, 0.1) is 0 Å². The Morgan fingerprint density at radius 3 is 1.44 bits per heavy atom. The molecule has 0 aliphatic rings. The lowest BCUT2D eigenvalue weighted by Gasteiger charge is -2.21. The van der Waals surface area contributed by atoms with Gasteiger partial charge in [-0.1, -0.05) is 13.8 Å². The normalized spacial score (nSPS) is 10.0. The molecule has 0 heterocycles. The highest BCUT2D eigenvalue weighted by atomic mass is 35.5. The minimum absolute atomic E-state index is 0. The van der Waals surface area contributed by atoms with Gasteiger partial charge in [0.2, 0.25) is 0 Å². The predicted octanol–water partition coefficient (Wildman–Crippen LogP) is 2.16. The van der Waals surface area contributed by atoms with Gasteiger partial charge in [-0.2, -0.15) is 0 Å². The van der Waals surface area contributed by atoms with E-state index in [-0.39, 0.29) is 12.4 Å². The summed E-state index contributed by atoms with van der Waals surface area (Å²) in [5.41, 5.74) is 0. The molecule has 0 bridgehead atoms. The van der Waals surface area contributed by atoms with E-state index in [1.165, 1.54) is 13.1 Å². The number of hydrogen-bond donors (Lipinski definition) is 0. The van der Waals surface area contributed by atoms with Gasteiger partial charge in [-0.05, 0) is 26.9 Å². The fraction of sp³-hybridized carbons (Fsp3) is 1.00. The Hall–Kier alpha value is 0.250.